The highest BCUT2D eigenvalue weighted by atomic mass is 19.1. The third-order valence-corrected chi connectivity index (χ3v) is 7.43. The van der Waals surface area contributed by atoms with Gasteiger partial charge in [-0.2, -0.15) is 0 Å². The highest BCUT2D eigenvalue weighted by molar-refractivity contribution is 6.07. The number of pyridine rings is 1. The zero-order chi connectivity index (χ0) is 24.0. The molecule has 4 heterocycles. The van der Waals surface area contributed by atoms with Crippen molar-refractivity contribution in [3.63, 3.8) is 0 Å². The van der Waals surface area contributed by atoms with Crippen LogP contribution in [0.15, 0.2) is 36.7 Å². The SMILES string of the molecule is CCc1c(F)cccc1Nc1c(-c2ccncc2OC[C@@H]2CCCO2)[nH]c2c1C(=O)NCC21CC1. The normalized spacial score (nSPS) is 19.9. The van der Waals surface area contributed by atoms with Crippen LogP contribution < -0.4 is 15.4 Å². The van der Waals surface area contributed by atoms with Crippen LogP contribution in [-0.4, -0.2) is 41.7 Å². The summed E-state index contributed by atoms with van der Waals surface area (Å²) in [6.45, 7) is 3.74. The van der Waals surface area contributed by atoms with Crippen LogP contribution >= 0.6 is 0 Å². The lowest BCUT2D eigenvalue weighted by Crippen LogP contribution is -2.39. The van der Waals surface area contributed by atoms with Crippen molar-refractivity contribution in [3.05, 3.63) is 59.3 Å². The lowest BCUT2D eigenvalue weighted by molar-refractivity contribution is 0.0680. The molecule has 7 nitrogen and oxygen atoms in total. The van der Waals surface area contributed by atoms with E-state index in [4.69, 9.17) is 9.47 Å². The van der Waals surface area contributed by atoms with Crippen LogP contribution in [0.1, 0.15) is 54.2 Å². The van der Waals surface area contributed by atoms with Gasteiger partial charge in [-0.1, -0.05) is 13.0 Å². The number of benzene rings is 1. The summed E-state index contributed by atoms with van der Waals surface area (Å²) < 4.78 is 26.5. The Balaban J connectivity index is 1.47. The summed E-state index contributed by atoms with van der Waals surface area (Å²) in [4.78, 5) is 21.0. The molecule has 1 aromatic carbocycles. The molecule has 0 radical (unpaired) electrons. The molecular formula is C27H29FN4O3. The van der Waals surface area contributed by atoms with Gasteiger partial charge in [0.2, 0.25) is 0 Å². The van der Waals surface area contributed by atoms with Gasteiger partial charge >= 0.3 is 0 Å². The topological polar surface area (TPSA) is 88.3 Å². The minimum Gasteiger partial charge on any atom is -0.489 e. The van der Waals surface area contributed by atoms with E-state index in [1.807, 2.05) is 19.1 Å². The molecule has 35 heavy (non-hydrogen) atoms. The molecule has 1 spiro atoms. The Morgan fingerprint density at radius 3 is 2.97 bits per heavy atom. The second kappa shape index (κ2) is 8.68. The molecule has 0 unspecified atom stereocenters. The second-order valence-corrected chi connectivity index (χ2v) is 9.65. The van der Waals surface area contributed by atoms with Crippen molar-refractivity contribution in [2.24, 2.45) is 0 Å². The largest absolute Gasteiger partial charge is 0.489 e. The zero-order valence-electron chi connectivity index (χ0n) is 19.7. The first kappa shape index (κ1) is 22.1. The van der Waals surface area contributed by atoms with E-state index in [0.717, 1.165) is 49.2 Å². The van der Waals surface area contributed by atoms with Crippen molar-refractivity contribution in [2.75, 3.05) is 25.1 Å². The van der Waals surface area contributed by atoms with Crippen molar-refractivity contribution >= 4 is 17.3 Å². The number of carbonyl (C=O) groups excluding carboxylic acids is 1. The van der Waals surface area contributed by atoms with Crippen molar-refractivity contribution in [2.45, 2.75) is 50.5 Å². The van der Waals surface area contributed by atoms with E-state index in [0.29, 0.717) is 47.8 Å². The Labute approximate surface area is 203 Å². The summed E-state index contributed by atoms with van der Waals surface area (Å²) in [5.41, 5.74) is 4.87. The Morgan fingerprint density at radius 2 is 2.20 bits per heavy atom. The third kappa shape index (κ3) is 3.86. The molecule has 8 heteroatoms. The van der Waals surface area contributed by atoms with Crippen LogP contribution in [0.5, 0.6) is 5.75 Å². The fraction of sp³-hybridized carbons (Fsp3) is 0.407. The Bertz CT molecular complexity index is 1280. The quantitative estimate of drug-likeness (QED) is 0.454. The maximum atomic E-state index is 14.6. The highest BCUT2D eigenvalue weighted by Crippen LogP contribution is 2.54. The van der Waals surface area contributed by atoms with Gasteiger partial charge in [-0.3, -0.25) is 9.78 Å². The van der Waals surface area contributed by atoms with Gasteiger partial charge in [0.25, 0.3) is 5.91 Å². The highest BCUT2D eigenvalue weighted by Gasteiger charge is 2.51. The molecule has 3 N–H and O–H groups in total. The molecule has 2 aliphatic heterocycles. The maximum Gasteiger partial charge on any atom is 0.255 e. The van der Waals surface area contributed by atoms with Crippen LogP contribution in [-0.2, 0) is 16.6 Å². The van der Waals surface area contributed by atoms with Crippen molar-refractivity contribution < 1.29 is 18.7 Å². The standard InChI is InChI=1S/C27H29FN4O3/c1-2-17-19(28)6-3-7-20(17)31-24-22-25(27(9-10-27)15-30-26(22)33)32-23(24)18-8-11-29-13-21(18)35-14-16-5-4-12-34-16/h3,6-8,11,13,16,31-32H,2,4-5,9-10,12,14-15H2,1H3,(H,30,33)/t16-/m0/s1. The first-order valence-corrected chi connectivity index (χ1v) is 12.4. The van der Waals surface area contributed by atoms with Gasteiger partial charge in [0.05, 0.1) is 29.2 Å². The van der Waals surface area contributed by atoms with E-state index >= 15 is 0 Å². The van der Waals surface area contributed by atoms with Crippen LogP contribution in [0, 0.1) is 5.82 Å². The van der Waals surface area contributed by atoms with E-state index in [9.17, 15) is 9.18 Å². The second-order valence-electron chi connectivity index (χ2n) is 9.65. The molecule has 6 rings (SSSR count). The summed E-state index contributed by atoms with van der Waals surface area (Å²) in [6.07, 6.45) is 8.04. The van der Waals surface area contributed by atoms with Crippen molar-refractivity contribution in [1.82, 2.24) is 15.3 Å². The van der Waals surface area contributed by atoms with Crippen LogP contribution in [0.3, 0.4) is 0 Å². The van der Waals surface area contributed by atoms with Gasteiger partial charge < -0.3 is 25.1 Å². The van der Waals surface area contributed by atoms with E-state index in [-0.39, 0.29) is 23.2 Å². The zero-order valence-corrected chi connectivity index (χ0v) is 19.7. The molecule has 1 saturated carbocycles. The number of anilines is 2. The van der Waals surface area contributed by atoms with Gasteiger partial charge in [0.15, 0.2) is 0 Å². The molecule has 0 bridgehead atoms. The fourth-order valence-electron chi connectivity index (χ4n) is 5.29. The van der Waals surface area contributed by atoms with E-state index in [1.165, 1.54) is 6.07 Å². The molecule has 182 valence electrons. The van der Waals surface area contributed by atoms with Crippen molar-refractivity contribution in [1.29, 1.82) is 0 Å². The van der Waals surface area contributed by atoms with E-state index in [1.54, 1.807) is 18.5 Å². The summed E-state index contributed by atoms with van der Waals surface area (Å²) in [6, 6.07) is 6.88. The van der Waals surface area contributed by atoms with Gasteiger partial charge in [0, 0.05) is 47.3 Å². The molecule has 3 aromatic rings. The number of hydrogen-bond acceptors (Lipinski definition) is 5. The van der Waals surface area contributed by atoms with Crippen LogP contribution in [0.2, 0.25) is 0 Å². The monoisotopic (exact) mass is 476 g/mol. The average Bonchev–Trinajstić information content (AvgIpc) is 3.26. The number of halogens is 1. The maximum absolute atomic E-state index is 14.6. The smallest absolute Gasteiger partial charge is 0.255 e. The van der Waals surface area contributed by atoms with Gasteiger partial charge in [0.1, 0.15) is 18.2 Å². The lowest BCUT2D eigenvalue weighted by atomic mass is 9.93. The number of H-pyrrole nitrogens is 1. The molecule has 1 aliphatic carbocycles. The molecule has 1 saturated heterocycles. The number of nitrogens with zero attached hydrogens (tertiary/aromatic N) is 1. The van der Waals surface area contributed by atoms with Crippen LogP contribution in [0.25, 0.3) is 11.3 Å². The number of carbonyl (C=O) groups is 1. The Kier molecular flexibility index (Phi) is 5.48. The molecule has 2 fully saturated rings. The molecule has 3 aliphatic rings. The van der Waals surface area contributed by atoms with Gasteiger partial charge in [-0.15, -0.1) is 0 Å². The Morgan fingerprint density at radius 1 is 1.31 bits per heavy atom. The minimum atomic E-state index is -0.268. The van der Waals surface area contributed by atoms with Gasteiger partial charge in [-0.05, 0) is 50.3 Å². The molecule has 1 atom stereocenters. The summed E-state index contributed by atoms with van der Waals surface area (Å²) in [7, 11) is 0. The van der Waals surface area contributed by atoms with E-state index < -0.39 is 0 Å². The van der Waals surface area contributed by atoms with Crippen LogP contribution in [0.4, 0.5) is 15.8 Å². The minimum absolute atomic E-state index is 0.0671. The van der Waals surface area contributed by atoms with E-state index in [2.05, 4.69) is 20.6 Å². The lowest BCUT2D eigenvalue weighted by Gasteiger charge is -2.23. The summed E-state index contributed by atoms with van der Waals surface area (Å²) in [5.74, 6) is 0.216. The summed E-state index contributed by atoms with van der Waals surface area (Å²) in [5, 5.41) is 6.49. The summed E-state index contributed by atoms with van der Waals surface area (Å²) >= 11 is 0. The predicted molar refractivity (Wildman–Crippen MR) is 131 cm³/mol. The molecule has 1 amide bonds. The number of amides is 1. The average molecular weight is 477 g/mol. The number of nitrogens with one attached hydrogen (secondary N) is 3. The van der Waals surface area contributed by atoms with Gasteiger partial charge in [-0.25, -0.2) is 4.39 Å². The Hall–Kier alpha value is -3.39. The number of aromatic nitrogens is 2. The fourth-order valence-corrected chi connectivity index (χ4v) is 5.29. The van der Waals surface area contributed by atoms with Crippen molar-refractivity contribution in [3.8, 4) is 17.0 Å². The molecule has 2 aromatic heterocycles. The third-order valence-electron chi connectivity index (χ3n) is 7.43. The predicted octanol–water partition coefficient (Wildman–Crippen LogP) is 4.85. The first-order chi connectivity index (χ1) is 17.1. The number of fused-ring (bicyclic) bond motifs is 2. The number of ether oxygens (including phenoxy) is 2. The number of aromatic amines is 1. The molecular weight excluding hydrogens is 447 g/mol. The number of rotatable bonds is 7. The first-order valence-electron chi connectivity index (χ1n) is 12.4. The number of hydrogen-bond donors (Lipinski definition) is 3.